The van der Waals surface area contributed by atoms with Gasteiger partial charge in [0.05, 0.1) is 0 Å². The van der Waals surface area contributed by atoms with Gasteiger partial charge in [0.1, 0.15) is 0 Å². The Morgan fingerprint density at radius 3 is 2.33 bits per heavy atom. The molecule has 1 rings (SSSR count). The Labute approximate surface area is 75.6 Å². The van der Waals surface area contributed by atoms with Crippen molar-refractivity contribution in [3.8, 4) is 0 Å². The molecule has 1 aromatic carbocycles. The molecular formula is C12H16. The van der Waals surface area contributed by atoms with E-state index in [0.717, 1.165) is 0 Å². The molecule has 0 aliphatic carbocycles. The monoisotopic (exact) mass is 160 g/mol. The molecule has 0 atom stereocenters. The van der Waals surface area contributed by atoms with E-state index in [-0.39, 0.29) is 0 Å². The summed E-state index contributed by atoms with van der Waals surface area (Å²) in [7, 11) is 0. The summed E-state index contributed by atoms with van der Waals surface area (Å²) in [6.45, 7) is 8.57. The lowest BCUT2D eigenvalue weighted by Gasteiger charge is -2.13. The van der Waals surface area contributed by atoms with Gasteiger partial charge in [0.2, 0.25) is 0 Å². The van der Waals surface area contributed by atoms with Crippen LogP contribution in [0.25, 0.3) is 0 Å². The predicted molar refractivity (Wildman–Crippen MR) is 53.9 cm³/mol. The molecule has 12 heavy (non-hydrogen) atoms. The minimum Gasteiger partial charge on any atom is -0.0617 e. The third-order valence-electron chi connectivity index (χ3n) is 2.12. The summed E-state index contributed by atoms with van der Waals surface area (Å²) in [5, 5.41) is 0. The van der Waals surface area contributed by atoms with Crippen LogP contribution in [0.15, 0.2) is 18.2 Å². The molecule has 0 spiro atoms. The van der Waals surface area contributed by atoms with Gasteiger partial charge in [0.25, 0.3) is 0 Å². The quantitative estimate of drug-likeness (QED) is 0.621. The summed E-state index contributed by atoms with van der Waals surface area (Å²) in [4.78, 5) is 0. The molecule has 0 aliphatic rings. The van der Waals surface area contributed by atoms with Gasteiger partial charge >= 0.3 is 0 Å². The van der Waals surface area contributed by atoms with E-state index in [0.29, 0.717) is 0 Å². The summed E-state index contributed by atoms with van der Waals surface area (Å²) in [5.41, 5.74) is 4.11. The first-order valence-electron chi connectivity index (χ1n) is 4.36. The fraction of sp³-hybridized carbons (Fsp3) is 0.333. The van der Waals surface area contributed by atoms with E-state index in [4.69, 9.17) is 0 Å². The van der Waals surface area contributed by atoms with Gasteiger partial charge in [-0.2, -0.15) is 0 Å². The van der Waals surface area contributed by atoms with Gasteiger partial charge in [-0.15, -0.1) is 0 Å². The maximum absolute atomic E-state index is 2.16. The first kappa shape index (κ1) is 9.31. The van der Waals surface area contributed by atoms with Crippen LogP contribution in [0.1, 0.15) is 37.5 Å². The SMILES string of the molecule is C[CH]c1cccc(C)c1[C](C)C. The zero-order valence-electron chi connectivity index (χ0n) is 8.31. The molecule has 0 heteroatoms. The fourth-order valence-electron chi connectivity index (χ4n) is 1.61. The van der Waals surface area contributed by atoms with E-state index < -0.39 is 0 Å². The smallest absolute Gasteiger partial charge is 0.000639 e. The van der Waals surface area contributed by atoms with Crippen molar-refractivity contribution in [3.05, 3.63) is 47.2 Å². The van der Waals surface area contributed by atoms with Crippen LogP contribution in [0, 0.1) is 19.3 Å². The first-order chi connectivity index (χ1) is 5.66. The zero-order chi connectivity index (χ0) is 9.14. The molecule has 0 saturated carbocycles. The standard InChI is InChI=1S/C12H16/c1-5-11-8-6-7-10(4)12(11)9(2)3/h5-8H,1-4H3. The number of aryl methyl sites for hydroxylation is 1. The predicted octanol–water partition coefficient (Wildman–Crippen LogP) is 3.53. The second-order valence-electron chi connectivity index (χ2n) is 3.33. The second kappa shape index (κ2) is 3.75. The first-order valence-corrected chi connectivity index (χ1v) is 4.36. The molecule has 0 nitrogen and oxygen atoms in total. The number of hydrogen-bond donors (Lipinski definition) is 0. The molecule has 0 aromatic heterocycles. The molecule has 0 heterocycles. The van der Waals surface area contributed by atoms with Gasteiger partial charge in [0.15, 0.2) is 0 Å². The molecule has 0 amide bonds. The van der Waals surface area contributed by atoms with Crippen LogP contribution in [0.4, 0.5) is 0 Å². The molecule has 0 fully saturated rings. The average molecular weight is 160 g/mol. The molecule has 2 radical (unpaired) electrons. The minimum atomic E-state index is 1.34. The highest BCUT2D eigenvalue weighted by atomic mass is 14.1. The molecule has 64 valence electrons. The lowest BCUT2D eigenvalue weighted by molar-refractivity contribution is 1.10. The topological polar surface area (TPSA) is 0 Å². The van der Waals surface area contributed by atoms with Crippen LogP contribution >= 0.6 is 0 Å². The molecule has 0 unspecified atom stereocenters. The van der Waals surface area contributed by atoms with Gasteiger partial charge in [0, 0.05) is 0 Å². The van der Waals surface area contributed by atoms with Gasteiger partial charge in [-0.25, -0.2) is 0 Å². The maximum atomic E-state index is 2.16. The van der Waals surface area contributed by atoms with E-state index in [2.05, 4.69) is 52.3 Å². The van der Waals surface area contributed by atoms with Crippen molar-refractivity contribution in [1.29, 1.82) is 0 Å². The Bertz CT molecular complexity index is 259. The van der Waals surface area contributed by atoms with Gasteiger partial charge in [-0.3, -0.25) is 0 Å². The molecule has 0 saturated heterocycles. The van der Waals surface area contributed by atoms with E-state index in [1.165, 1.54) is 22.6 Å². The third-order valence-corrected chi connectivity index (χ3v) is 2.12. The van der Waals surface area contributed by atoms with Crippen LogP contribution in [0.2, 0.25) is 0 Å². The number of benzene rings is 1. The van der Waals surface area contributed by atoms with Crippen LogP contribution in [0.3, 0.4) is 0 Å². The lowest BCUT2D eigenvalue weighted by atomic mass is 9.92. The van der Waals surface area contributed by atoms with Crippen molar-refractivity contribution in [1.82, 2.24) is 0 Å². The molecular weight excluding hydrogens is 144 g/mol. The largest absolute Gasteiger partial charge is 0.0617 e. The Kier molecular flexibility index (Phi) is 2.91. The fourth-order valence-corrected chi connectivity index (χ4v) is 1.61. The van der Waals surface area contributed by atoms with Crippen molar-refractivity contribution in [2.45, 2.75) is 27.7 Å². The highest BCUT2D eigenvalue weighted by Gasteiger charge is 2.07. The second-order valence-corrected chi connectivity index (χ2v) is 3.33. The van der Waals surface area contributed by atoms with E-state index >= 15 is 0 Å². The summed E-state index contributed by atoms with van der Waals surface area (Å²) >= 11 is 0. The zero-order valence-corrected chi connectivity index (χ0v) is 8.31. The van der Waals surface area contributed by atoms with Crippen molar-refractivity contribution < 1.29 is 0 Å². The van der Waals surface area contributed by atoms with Crippen molar-refractivity contribution in [3.63, 3.8) is 0 Å². The van der Waals surface area contributed by atoms with E-state index in [1.54, 1.807) is 0 Å². The highest BCUT2D eigenvalue weighted by Crippen LogP contribution is 2.23. The van der Waals surface area contributed by atoms with Crippen LogP contribution < -0.4 is 0 Å². The highest BCUT2D eigenvalue weighted by molar-refractivity contribution is 5.45. The summed E-state index contributed by atoms with van der Waals surface area (Å²) in [5.74, 6) is 1.39. The Hall–Kier alpha value is -0.780. The minimum absolute atomic E-state index is 1.34. The lowest BCUT2D eigenvalue weighted by Crippen LogP contribution is -1.97. The summed E-state index contributed by atoms with van der Waals surface area (Å²) in [6, 6.07) is 6.43. The Morgan fingerprint density at radius 2 is 1.92 bits per heavy atom. The molecule has 0 aliphatic heterocycles. The van der Waals surface area contributed by atoms with Crippen LogP contribution in [-0.4, -0.2) is 0 Å². The van der Waals surface area contributed by atoms with Crippen molar-refractivity contribution in [2.75, 3.05) is 0 Å². The molecule has 0 N–H and O–H groups in total. The Morgan fingerprint density at radius 1 is 1.25 bits per heavy atom. The van der Waals surface area contributed by atoms with E-state index in [9.17, 15) is 0 Å². The van der Waals surface area contributed by atoms with Gasteiger partial charge in [-0.05, 0) is 36.0 Å². The summed E-state index contributed by atoms with van der Waals surface area (Å²) in [6.07, 6.45) is 2.16. The van der Waals surface area contributed by atoms with Crippen LogP contribution in [-0.2, 0) is 0 Å². The maximum Gasteiger partial charge on any atom is -0.000639 e. The van der Waals surface area contributed by atoms with E-state index in [1.807, 2.05) is 0 Å². The molecule has 0 bridgehead atoms. The molecule has 1 aromatic rings. The Balaban J connectivity index is 3.20. The number of rotatable bonds is 2. The van der Waals surface area contributed by atoms with Crippen molar-refractivity contribution >= 4 is 0 Å². The van der Waals surface area contributed by atoms with Crippen molar-refractivity contribution in [2.24, 2.45) is 0 Å². The normalized spacial score (nSPS) is 10.8. The van der Waals surface area contributed by atoms with Gasteiger partial charge in [-0.1, -0.05) is 39.0 Å². The number of hydrogen-bond acceptors (Lipinski definition) is 0. The van der Waals surface area contributed by atoms with Gasteiger partial charge < -0.3 is 0 Å². The summed E-state index contributed by atoms with van der Waals surface area (Å²) < 4.78 is 0. The van der Waals surface area contributed by atoms with Crippen LogP contribution in [0.5, 0.6) is 0 Å². The average Bonchev–Trinajstić information content (AvgIpc) is 2.03. The third kappa shape index (κ3) is 1.69.